The van der Waals surface area contributed by atoms with E-state index in [0.29, 0.717) is 21.3 Å². The highest BCUT2D eigenvalue weighted by Gasteiger charge is 2.08. The summed E-state index contributed by atoms with van der Waals surface area (Å²) in [5.41, 5.74) is 2.27. The zero-order valence-electron chi connectivity index (χ0n) is 12.9. The first-order valence-corrected chi connectivity index (χ1v) is 8.59. The summed E-state index contributed by atoms with van der Waals surface area (Å²) in [6.45, 7) is 2.14. The second-order valence-electron chi connectivity index (χ2n) is 4.84. The van der Waals surface area contributed by atoms with Gasteiger partial charge in [-0.05, 0) is 55.5 Å². The zero-order valence-corrected chi connectivity index (χ0v) is 14.6. The van der Waals surface area contributed by atoms with Gasteiger partial charge >= 0.3 is 5.97 Å². The van der Waals surface area contributed by atoms with E-state index in [1.54, 1.807) is 23.7 Å². The van der Waals surface area contributed by atoms with Gasteiger partial charge in [0.05, 0.1) is 17.9 Å². The minimum absolute atomic E-state index is 0.326. The van der Waals surface area contributed by atoms with E-state index >= 15 is 0 Å². The van der Waals surface area contributed by atoms with Crippen LogP contribution >= 0.6 is 23.6 Å². The minimum Gasteiger partial charge on any atom is -0.462 e. The largest absolute Gasteiger partial charge is 0.462 e. The predicted molar refractivity (Wildman–Crippen MR) is 98.0 cm³/mol. The summed E-state index contributed by atoms with van der Waals surface area (Å²) in [7, 11) is 0. The third-order valence-electron chi connectivity index (χ3n) is 3.20. The molecule has 24 heavy (non-hydrogen) atoms. The van der Waals surface area contributed by atoms with E-state index in [1.807, 2.05) is 42.5 Å². The highest BCUT2D eigenvalue weighted by molar-refractivity contribution is 7.73. The molecule has 3 aromatic rings. The molecule has 0 spiro atoms. The molecule has 0 atom stereocenters. The van der Waals surface area contributed by atoms with E-state index in [9.17, 15) is 4.79 Å². The Balaban J connectivity index is 1.77. The number of rotatable bonds is 5. The average molecular weight is 357 g/mol. The van der Waals surface area contributed by atoms with E-state index in [1.165, 1.54) is 11.3 Å². The van der Waals surface area contributed by atoms with Crippen LogP contribution in [0.5, 0.6) is 0 Å². The van der Waals surface area contributed by atoms with Gasteiger partial charge in [-0.2, -0.15) is 0 Å². The summed E-state index contributed by atoms with van der Waals surface area (Å²) in [6, 6.07) is 16.8. The van der Waals surface area contributed by atoms with Gasteiger partial charge in [-0.3, -0.25) is 0 Å². The van der Waals surface area contributed by atoms with E-state index in [-0.39, 0.29) is 5.97 Å². The fraction of sp³-hybridized carbons (Fsp3) is 0.118. The summed E-state index contributed by atoms with van der Waals surface area (Å²) in [6.07, 6.45) is 0. The van der Waals surface area contributed by atoms with Crippen LogP contribution < -0.4 is 5.32 Å². The summed E-state index contributed by atoms with van der Waals surface area (Å²) in [5.74, 6) is -0.326. The fourth-order valence-corrected chi connectivity index (χ4v) is 3.16. The van der Waals surface area contributed by atoms with Gasteiger partial charge in [0.25, 0.3) is 0 Å². The first-order valence-electron chi connectivity index (χ1n) is 7.37. The molecule has 0 aliphatic heterocycles. The zero-order chi connectivity index (χ0) is 16.9. The number of hydrogen-bond donors (Lipinski definition) is 1. The van der Waals surface area contributed by atoms with Crippen LogP contribution in [0.4, 0.5) is 10.8 Å². The summed E-state index contributed by atoms with van der Waals surface area (Å²) in [5, 5.41) is 8.38. The highest BCUT2D eigenvalue weighted by Crippen LogP contribution is 2.22. The van der Waals surface area contributed by atoms with Gasteiger partial charge in [0.1, 0.15) is 0 Å². The molecule has 7 heteroatoms. The van der Waals surface area contributed by atoms with Crippen molar-refractivity contribution >= 4 is 40.3 Å². The molecular weight excluding hydrogens is 342 g/mol. The lowest BCUT2D eigenvalue weighted by Crippen LogP contribution is -2.04. The molecular formula is C17H15N3O2S2. The number of carbonyl (C=O) groups is 1. The topological polar surface area (TPSA) is 56.1 Å². The van der Waals surface area contributed by atoms with E-state index in [0.717, 1.165) is 11.4 Å². The smallest absolute Gasteiger partial charge is 0.338 e. The number of nitrogens with zero attached hydrogens (tertiary/aromatic N) is 2. The minimum atomic E-state index is -0.326. The molecule has 0 unspecified atom stereocenters. The SMILES string of the molecule is CCOC(=O)c1ccc(Nc2nn(-c3ccccc3)c(=S)s2)cc1. The number of carbonyl (C=O) groups excluding carboxylic acids is 1. The lowest BCUT2D eigenvalue weighted by atomic mass is 10.2. The number of nitrogens with one attached hydrogen (secondary N) is 1. The van der Waals surface area contributed by atoms with Crippen molar-refractivity contribution in [2.24, 2.45) is 0 Å². The van der Waals surface area contributed by atoms with Crippen LogP contribution in [-0.4, -0.2) is 22.4 Å². The normalized spacial score (nSPS) is 10.4. The molecule has 5 nitrogen and oxygen atoms in total. The highest BCUT2D eigenvalue weighted by atomic mass is 32.1. The number of anilines is 2. The van der Waals surface area contributed by atoms with Crippen LogP contribution in [0.2, 0.25) is 0 Å². The number of aromatic nitrogens is 2. The van der Waals surface area contributed by atoms with E-state index < -0.39 is 0 Å². The van der Waals surface area contributed by atoms with Crippen molar-refractivity contribution in [2.45, 2.75) is 6.92 Å². The quantitative estimate of drug-likeness (QED) is 0.535. The van der Waals surface area contributed by atoms with Crippen molar-refractivity contribution < 1.29 is 9.53 Å². The molecule has 3 rings (SSSR count). The Morgan fingerprint density at radius 3 is 2.58 bits per heavy atom. The Bertz CT molecular complexity index is 886. The second-order valence-corrected chi connectivity index (χ2v) is 6.47. The molecule has 0 bridgehead atoms. The molecule has 0 saturated carbocycles. The third kappa shape index (κ3) is 3.69. The van der Waals surface area contributed by atoms with Gasteiger partial charge in [0.15, 0.2) is 3.95 Å². The van der Waals surface area contributed by atoms with Crippen molar-refractivity contribution in [2.75, 3.05) is 11.9 Å². The molecule has 0 aliphatic carbocycles. The van der Waals surface area contributed by atoms with Crippen LogP contribution in [0, 0.1) is 3.95 Å². The lowest BCUT2D eigenvalue weighted by molar-refractivity contribution is 0.0526. The van der Waals surface area contributed by atoms with Crippen LogP contribution in [0.25, 0.3) is 5.69 Å². The van der Waals surface area contributed by atoms with E-state index in [2.05, 4.69) is 10.4 Å². The average Bonchev–Trinajstić information content (AvgIpc) is 2.97. The summed E-state index contributed by atoms with van der Waals surface area (Å²) >= 11 is 6.76. The maximum absolute atomic E-state index is 11.6. The van der Waals surface area contributed by atoms with Crippen molar-refractivity contribution in [1.29, 1.82) is 0 Å². The van der Waals surface area contributed by atoms with Gasteiger partial charge < -0.3 is 10.1 Å². The van der Waals surface area contributed by atoms with Crippen LogP contribution in [-0.2, 0) is 4.74 Å². The number of ether oxygens (including phenoxy) is 1. The van der Waals surface area contributed by atoms with Gasteiger partial charge in [-0.25, -0.2) is 9.48 Å². The predicted octanol–water partition coefficient (Wildman–Crippen LogP) is 4.58. The summed E-state index contributed by atoms with van der Waals surface area (Å²) < 4.78 is 7.34. The standard InChI is InChI=1S/C17H15N3O2S2/c1-2-22-15(21)12-8-10-13(11-9-12)18-16-19-20(17(23)24-16)14-6-4-3-5-7-14/h3-11H,2H2,1H3,(H,18,19). The maximum Gasteiger partial charge on any atom is 0.338 e. The molecule has 0 fully saturated rings. The van der Waals surface area contributed by atoms with Crippen molar-refractivity contribution in [3.8, 4) is 5.69 Å². The molecule has 1 heterocycles. The Morgan fingerprint density at radius 2 is 1.92 bits per heavy atom. The third-order valence-corrected chi connectivity index (χ3v) is 4.34. The second kappa shape index (κ2) is 7.37. The van der Waals surface area contributed by atoms with Crippen molar-refractivity contribution in [1.82, 2.24) is 9.78 Å². The van der Waals surface area contributed by atoms with Gasteiger partial charge in [-0.1, -0.05) is 29.5 Å². The van der Waals surface area contributed by atoms with Gasteiger partial charge in [-0.15, -0.1) is 5.10 Å². The molecule has 0 aliphatic rings. The van der Waals surface area contributed by atoms with Crippen molar-refractivity contribution in [3.63, 3.8) is 0 Å². The molecule has 0 radical (unpaired) electrons. The number of para-hydroxylation sites is 1. The number of esters is 1. The van der Waals surface area contributed by atoms with Crippen molar-refractivity contribution in [3.05, 3.63) is 64.1 Å². The van der Waals surface area contributed by atoms with Crippen LogP contribution in [0.15, 0.2) is 54.6 Å². The van der Waals surface area contributed by atoms with Crippen LogP contribution in [0.3, 0.4) is 0 Å². The van der Waals surface area contributed by atoms with Gasteiger partial charge in [0, 0.05) is 5.69 Å². The first kappa shape index (κ1) is 16.4. The maximum atomic E-state index is 11.6. The summed E-state index contributed by atoms with van der Waals surface area (Å²) in [4.78, 5) is 11.6. The molecule has 122 valence electrons. The monoisotopic (exact) mass is 357 g/mol. The Labute approximate surface area is 148 Å². The lowest BCUT2D eigenvalue weighted by Gasteiger charge is -2.04. The Morgan fingerprint density at radius 1 is 1.21 bits per heavy atom. The fourth-order valence-electron chi connectivity index (χ4n) is 2.09. The first-order chi connectivity index (χ1) is 11.7. The molecule has 0 saturated heterocycles. The number of hydrogen-bond acceptors (Lipinski definition) is 6. The van der Waals surface area contributed by atoms with Gasteiger partial charge in [0.2, 0.25) is 5.13 Å². The molecule has 2 aromatic carbocycles. The Hall–Kier alpha value is -2.51. The molecule has 1 N–H and O–H groups in total. The van der Waals surface area contributed by atoms with Crippen LogP contribution in [0.1, 0.15) is 17.3 Å². The number of benzene rings is 2. The molecule has 1 aromatic heterocycles. The Kier molecular flexibility index (Phi) is 5.02. The van der Waals surface area contributed by atoms with E-state index in [4.69, 9.17) is 17.0 Å². The molecule has 0 amide bonds.